The van der Waals surface area contributed by atoms with Crippen molar-refractivity contribution in [1.29, 1.82) is 0 Å². The van der Waals surface area contributed by atoms with Gasteiger partial charge in [-0.2, -0.15) is 0 Å². The summed E-state index contributed by atoms with van der Waals surface area (Å²) in [4.78, 5) is 23.7. The number of carbonyl (C=O) groups is 1. The number of nitro groups is 1. The monoisotopic (exact) mass is 360 g/mol. The van der Waals surface area contributed by atoms with Crippen molar-refractivity contribution in [3.05, 3.63) is 57.3 Å². The Morgan fingerprint density at radius 2 is 1.92 bits per heavy atom. The van der Waals surface area contributed by atoms with E-state index in [1.165, 1.54) is 29.2 Å². The molecule has 0 atom stereocenters. The summed E-state index contributed by atoms with van der Waals surface area (Å²) in [5.41, 5.74) is 1.88. The predicted octanol–water partition coefficient (Wildman–Crippen LogP) is 3.19. The molecule has 1 amide bonds. The SMILES string of the molecule is COc1cc(C)c(CN(C)C(=O)/C=C/c2ccc([N+](=O)[O-])o2)cc1OC. The maximum absolute atomic E-state index is 12.3. The Hall–Kier alpha value is -3.29. The lowest BCUT2D eigenvalue weighted by Crippen LogP contribution is -2.24. The molecule has 0 unspecified atom stereocenters. The van der Waals surface area contributed by atoms with E-state index >= 15 is 0 Å². The van der Waals surface area contributed by atoms with Crippen LogP contribution in [-0.4, -0.2) is 37.0 Å². The van der Waals surface area contributed by atoms with E-state index < -0.39 is 4.92 Å². The summed E-state index contributed by atoms with van der Waals surface area (Å²) < 4.78 is 15.5. The second kappa shape index (κ2) is 8.19. The Balaban J connectivity index is 2.08. The van der Waals surface area contributed by atoms with Gasteiger partial charge in [-0.1, -0.05) is 0 Å². The lowest BCUT2D eigenvalue weighted by molar-refractivity contribution is -0.402. The molecule has 138 valence electrons. The first-order valence-electron chi connectivity index (χ1n) is 7.74. The van der Waals surface area contributed by atoms with Crippen molar-refractivity contribution in [3.8, 4) is 11.5 Å². The summed E-state index contributed by atoms with van der Waals surface area (Å²) in [7, 11) is 4.78. The van der Waals surface area contributed by atoms with Crippen LogP contribution in [0.5, 0.6) is 11.5 Å². The van der Waals surface area contributed by atoms with Crippen molar-refractivity contribution in [1.82, 2.24) is 4.90 Å². The lowest BCUT2D eigenvalue weighted by Gasteiger charge is -2.18. The molecule has 8 nitrogen and oxygen atoms in total. The van der Waals surface area contributed by atoms with Crippen LogP contribution in [0.1, 0.15) is 16.9 Å². The van der Waals surface area contributed by atoms with Crippen LogP contribution in [0.25, 0.3) is 6.08 Å². The third-order valence-corrected chi connectivity index (χ3v) is 3.81. The fraction of sp³-hybridized carbons (Fsp3) is 0.278. The van der Waals surface area contributed by atoms with Crippen molar-refractivity contribution in [2.75, 3.05) is 21.3 Å². The minimum absolute atomic E-state index is 0.237. The molecule has 0 bridgehead atoms. The van der Waals surface area contributed by atoms with Gasteiger partial charge in [-0.3, -0.25) is 14.9 Å². The fourth-order valence-electron chi connectivity index (χ4n) is 2.34. The normalized spacial score (nSPS) is 10.8. The van der Waals surface area contributed by atoms with Gasteiger partial charge in [0.2, 0.25) is 5.91 Å². The van der Waals surface area contributed by atoms with E-state index in [0.29, 0.717) is 18.0 Å². The molecule has 0 saturated carbocycles. The Morgan fingerprint density at radius 1 is 1.27 bits per heavy atom. The van der Waals surface area contributed by atoms with Crippen molar-refractivity contribution in [2.45, 2.75) is 13.5 Å². The molecule has 0 radical (unpaired) electrons. The Morgan fingerprint density at radius 3 is 2.50 bits per heavy atom. The van der Waals surface area contributed by atoms with Gasteiger partial charge in [-0.05, 0) is 42.3 Å². The van der Waals surface area contributed by atoms with E-state index in [4.69, 9.17) is 13.9 Å². The molecular formula is C18H20N2O6. The number of aryl methyl sites for hydroxylation is 1. The van der Waals surface area contributed by atoms with Crippen molar-refractivity contribution < 1.29 is 23.6 Å². The zero-order chi connectivity index (χ0) is 19.3. The fourth-order valence-corrected chi connectivity index (χ4v) is 2.34. The van der Waals surface area contributed by atoms with Crippen LogP contribution in [0.2, 0.25) is 0 Å². The van der Waals surface area contributed by atoms with E-state index in [1.54, 1.807) is 21.3 Å². The molecule has 0 fully saturated rings. The molecular weight excluding hydrogens is 340 g/mol. The van der Waals surface area contributed by atoms with Crippen LogP contribution in [0, 0.1) is 17.0 Å². The number of ether oxygens (including phenoxy) is 2. The summed E-state index contributed by atoms with van der Waals surface area (Å²) in [6, 6.07) is 6.35. The summed E-state index contributed by atoms with van der Waals surface area (Å²) in [5.74, 6) is 0.819. The van der Waals surface area contributed by atoms with Crippen molar-refractivity contribution >= 4 is 17.9 Å². The number of nitrogens with zero attached hydrogens (tertiary/aromatic N) is 2. The summed E-state index contributed by atoms with van der Waals surface area (Å²) in [5, 5.41) is 10.6. The van der Waals surface area contributed by atoms with Crippen molar-refractivity contribution in [3.63, 3.8) is 0 Å². The van der Waals surface area contributed by atoms with Gasteiger partial charge in [0, 0.05) is 19.7 Å². The molecule has 26 heavy (non-hydrogen) atoms. The highest BCUT2D eigenvalue weighted by Gasteiger charge is 2.13. The van der Waals surface area contributed by atoms with Gasteiger partial charge in [0.25, 0.3) is 0 Å². The highest BCUT2D eigenvalue weighted by Crippen LogP contribution is 2.30. The Bertz CT molecular complexity index is 840. The molecule has 1 heterocycles. The second-order valence-electron chi connectivity index (χ2n) is 5.59. The molecule has 1 aromatic carbocycles. The molecule has 1 aromatic heterocycles. The van der Waals surface area contributed by atoms with E-state index in [-0.39, 0.29) is 17.6 Å². The maximum atomic E-state index is 12.3. The molecule has 2 rings (SSSR count). The minimum Gasteiger partial charge on any atom is -0.493 e. The van der Waals surface area contributed by atoms with E-state index in [9.17, 15) is 14.9 Å². The van der Waals surface area contributed by atoms with Crippen LogP contribution >= 0.6 is 0 Å². The lowest BCUT2D eigenvalue weighted by atomic mass is 10.1. The number of furan rings is 1. The number of methoxy groups -OCH3 is 2. The first-order chi connectivity index (χ1) is 12.3. The number of benzene rings is 1. The number of likely N-dealkylation sites (N-methyl/N-ethyl adjacent to an activating group) is 1. The quantitative estimate of drug-likeness (QED) is 0.427. The average Bonchev–Trinajstić information content (AvgIpc) is 3.10. The second-order valence-corrected chi connectivity index (χ2v) is 5.59. The zero-order valence-electron chi connectivity index (χ0n) is 15.0. The molecule has 0 N–H and O–H groups in total. The first-order valence-corrected chi connectivity index (χ1v) is 7.74. The van der Waals surface area contributed by atoms with Crippen LogP contribution in [-0.2, 0) is 11.3 Å². The topological polar surface area (TPSA) is 95.0 Å². The summed E-state index contributed by atoms with van der Waals surface area (Å²) in [6.45, 7) is 2.29. The number of carbonyl (C=O) groups excluding carboxylic acids is 1. The molecule has 0 saturated heterocycles. The molecule has 2 aromatic rings. The standard InChI is InChI=1S/C18H20N2O6/c1-12-9-15(24-3)16(25-4)10-13(12)11-19(2)17(21)7-5-14-6-8-18(26-14)20(22)23/h5-10H,11H2,1-4H3/b7-5+. The van der Waals surface area contributed by atoms with Crippen LogP contribution in [0.4, 0.5) is 5.88 Å². The van der Waals surface area contributed by atoms with Gasteiger partial charge >= 0.3 is 5.88 Å². The van der Waals surface area contributed by atoms with Gasteiger partial charge in [0.05, 0.1) is 20.3 Å². The van der Waals surface area contributed by atoms with Crippen LogP contribution < -0.4 is 9.47 Å². The third kappa shape index (κ3) is 4.41. The van der Waals surface area contributed by atoms with Gasteiger partial charge in [0.15, 0.2) is 11.5 Å². The number of hydrogen-bond donors (Lipinski definition) is 0. The van der Waals surface area contributed by atoms with E-state index in [1.807, 2.05) is 19.1 Å². The van der Waals surface area contributed by atoms with Crippen LogP contribution in [0.3, 0.4) is 0 Å². The average molecular weight is 360 g/mol. The Kier molecular flexibility index (Phi) is 6.00. The third-order valence-electron chi connectivity index (χ3n) is 3.81. The van der Waals surface area contributed by atoms with Crippen LogP contribution in [0.15, 0.2) is 34.8 Å². The smallest absolute Gasteiger partial charge is 0.433 e. The zero-order valence-corrected chi connectivity index (χ0v) is 15.0. The molecule has 0 aliphatic carbocycles. The van der Waals surface area contributed by atoms with E-state index in [0.717, 1.165) is 11.1 Å². The molecule has 0 spiro atoms. The predicted molar refractivity (Wildman–Crippen MR) is 95.2 cm³/mol. The van der Waals surface area contributed by atoms with E-state index in [2.05, 4.69) is 0 Å². The number of hydrogen-bond acceptors (Lipinski definition) is 6. The van der Waals surface area contributed by atoms with Crippen molar-refractivity contribution in [2.24, 2.45) is 0 Å². The molecule has 0 aliphatic rings. The van der Waals surface area contributed by atoms with Gasteiger partial charge in [-0.15, -0.1) is 0 Å². The maximum Gasteiger partial charge on any atom is 0.433 e. The minimum atomic E-state index is -0.634. The highest BCUT2D eigenvalue weighted by atomic mass is 16.6. The molecule has 8 heteroatoms. The highest BCUT2D eigenvalue weighted by molar-refractivity contribution is 5.91. The largest absolute Gasteiger partial charge is 0.493 e. The van der Waals surface area contributed by atoms with Gasteiger partial charge in [0.1, 0.15) is 10.7 Å². The Labute approximate surface area is 150 Å². The van der Waals surface area contributed by atoms with Gasteiger partial charge in [-0.25, -0.2) is 0 Å². The first kappa shape index (κ1) is 19.0. The summed E-state index contributed by atoms with van der Waals surface area (Å²) in [6.07, 6.45) is 2.70. The molecule has 0 aliphatic heterocycles. The van der Waals surface area contributed by atoms with Gasteiger partial charge < -0.3 is 18.8 Å². The number of rotatable bonds is 7. The number of amides is 1. The summed E-state index contributed by atoms with van der Waals surface area (Å²) >= 11 is 0.